The van der Waals surface area contributed by atoms with E-state index in [2.05, 4.69) is 0 Å². The van der Waals surface area contributed by atoms with Crippen molar-refractivity contribution in [3.8, 4) is 5.75 Å². The van der Waals surface area contributed by atoms with Crippen LogP contribution in [0.2, 0.25) is 0 Å². The second-order valence-corrected chi connectivity index (χ2v) is 5.48. The van der Waals surface area contributed by atoms with Gasteiger partial charge in [-0.15, -0.1) is 11.3 Å². The van der Waals surface area contributed by atoms with Crippen LogP contribution < -0.4 is 4.74 Å². The highest BCUT2D eigenvalue weighted by molar-refractivity contribution is 7.14. The summed E-state index contributed by atoms with van der Waals surface area (Å²) >= 11 is 1.22. The molecule has 16 heavy (non-hydrogen) atoms. The molecule has 0 atom stereocenters. The zero-order chi connectivity index (χ0) is 12.3. The Morgan fingerprint density at radius 2 is 2.12 bits per heavy atom. The molecule has 0 spiro atoms. The molecule has 0 saturated carbocycles. The van der Waals surface area contributed by atoms with Crippen LogP contribution >= 0.6 is 11.3 Å². The van der Waals surface area contributed by atoms with Crippen LogP contribution in [-0.4, -0.2) is 29.4 Å². The summed E-state index contributed by atoms with van der Waals surface area (Å²) < 4.78 is 5.20. The molecule has 5 heteroatoms. The van der Waals surface area contributed by atoms with Gasteiger partial charge in [0.05, 0.1) is 6.61 Å². The van der Waals surface area contributed by atoms with E-state index >= 15 is 0 Å². The lowest BCUT2D eigenvalue weighted by Gasteiger charge is -2.14. The Balaban J connectivity index is 3.05. The van der Waals surface area contributed by atoms with Gasteiger partial charge in [0.15, 0.2) is 4.88 Å². The number of hydrogen-bond acceptors (Lipinski definition) is 4. The summed E-state index contributed by atoms with van der Waals surface area (Å²) in [5.74, 6) is -0.648. The quantitative estimate of drug-likeness (QED) is 0.851. The largest absolute Gasteiger partial charge is 0.489 e. The van der Waals surface area contributed by atoms with Gasteiger partial charge >= 0.3 is 5.97 Å². The van der Waals surface area contributed by atoms with Gasteiger partial charge in [-0.05, 0) is 11.5 Å². The van der Waals surface area contributed by atoms with Crippen molar-refractivity contribution < 1.29 is 19.7 Å². The van der Waals surface area contributed by atoms with E-state index in [0.717, 1.165) is 4.88 Å². The maximum absolute atomic E-state index is 11.0. The molecule has 1 heterocycles. The van der Waals surface area contributed by atoms with Gasteiger partial charge in [0.1, 0.15) is 12.4 Å². The molecule has 2 N–H and O–H groups in total. The number of carboxylic acid groups (broad SMARTS) is 1. The molecule has 0 aromatic carbocycles. The molecule has 0 aliphatic rings. The maximum atomic E-state index is 11.0. The first-order valence-electron chi connectivity index (χ1n) is 4.97. The normalized spacial score (nSPS) is 11.5. The highest BCUT2D eigenvalue weighted by Crippen LogP contribution is 2.36. The van der Waals surface area contributed by atoms with Crippen LogP contribution in [0.3, 0.4) is 0 Å². The monoisotopic (exact) mass is 244 g/mol. The van der Waals surface area contributed by atoms with E-state index in [4.69, 9.17) is 14.9 Å². The fourth-order valence-corrected chi connectivity index (χ4v) is 2.15. The predicted octanol–water partition coefficient (Wildman–Crippen LogP) is 2.11. The summed E-state index contributed by atoms with van der Waals surface area (Å²) in [6.45, 7) is 6.03. The average molecular weight is 244 g/mol. The third-order valence-electron chi connectivity index (χ3n) is 1.98. The molecule has 0 radical (unpaired) electrons. The van der Waals surface area contributed by atoms with Crippen molar-refractivity contribution in [1.82, 2.24) is 0 Å². The van der Waals surface area contributed by atoms with Gasteiger partial charge in [-0.25, -0.2) is 4.79 Å². The van der Waals surface area contributed by atoms with Crippen LogP contribution in [0.15, 0.2) is 6.07 Å². The van der Waals surface area contributed by atoms with E-state index in [1.807, 2.05) is 20.8 Å². The number of aromatic carboxylic acids is 1. The van der Waals surface area contributed by atoms with E-state index in [9.17, 15) is 4.79 Å². The van der Waals surface area contributed by atoms with E-state index in [1.165, 1.54) is 11.3 Å². The number of thiophene rings is 1. The van der Waals surface area contributed by atoms with E-state index in [1.54, 1.807) is 6.07 Å². The minimum absolute atomic E-state index is 0.101. The molecule has 90 valence electrons. The molecule has 0 bridgehead atoms. The van der Waals surface area contributed by atoms with E-state index in [0.29, 0.717) is 5.75 Å². The van der Waals surface area contributed by atoms with E-state index in [-0.39, 0.29) is 23.5 Å². The Bertz CT molecular complexity index is 376. The number of rotatable bonds is 4. The van der Waals surface area contributed by atoms with Crippen molar-refractivity contribution in [3.05, 3.63) is 15.8 Å². The van der Waals surface area contributed by atoms with Crippen molar-refractivity contribution in [1.29, 1.82) is 0 Å². The number of carbonyl (C=O) groups is 1. The molecule has 4 nitrogen and oxygen atoms in total. The van der Waals surface area contributed by atoms with Crippen molar-refractivity contribution in [2.45, 2.75) is 26.2 Å². The molecule has 1 aromatic rings. The Labute approximate surface area is 98.5 Å². The second kappa shape index (κ2) is 4.84. The molecule has 0 aliphatic carbocycles. The highest BCUT2D eigenvalue weighted by Gasteiger charge is 2.23. The summed E-state index contributed by atoms with van der Waals surface area (Å²) in [5, 5.41) is 17.7. The van der Waals surface area contributed by atoms with Gasteiger partial charge in [0.25, 0.3) is 0 Å². The Kier molecular flexibility index (Phi) is 3.93. The summed E-state index contributed by atoms with van der Waals surface area (Å²) in [4.78, 5) is 12.1. The second-order valence-electron chi connectivity index (χ2n) is 4.43. The minimum atomic E-state index is -0.992. The van der Waals surface area contributed by atoms with Gasteiger partial charge in [0.2, 0.25) is 0 Å². The van der Waals surface area contributed by atoms with Crippen molar-refractivity contribution >= 4 is 17.3 Å². The average Bonchev–Trinajstić information content (AvgIpc) is 2.57. The van der Waals surface area contributed by atoms with Crippen LogP contribution in [0, 0.1) is 0 Å². The fourth-order valence-electron chi connectivity index (χ4n) is 1.16. The van der Waals surface area contributed by atoms with E-state index < -0.39 is 5.97 Å². The van der Waals surface area contributed by atoms with Crippen molar-refractivity contribution in [3.63, 3.8) is 0 Å². The van der Waals surface area contributed by atoms with Gasteiger partial charge in [-0.1, -0.05) is 20.8 Å². The molecular weight excluding hydrogens is 228 g/mol. The fraction of sp³-hybridized carbons (Fsp3) is 0.545. The van der Waals surface area contributed by atoms with Crippen LogP contribution in [0.1, 0.15) is 35.3 Å². The summed E-state index contributed by atoms with van der Waals surface area (Å²) in [6.07, 6.45) is 0. The van der Waals surface area contributed by atoms with Crippen LogP contribution in [-0.2, 0) is 5.41 Å². The van der Waals surface area contributed by atoms with Crippen LogP contribution in [0.25, 0.3) is 0 Å². The van der Waals surface area contributed by atoms with Crippen molar-refractivity contribution in [2.75, 3.05) is 13.2 Å². The minimum Gasteiger partial charge on any atom is -0.489 e. The van der Waals surface area contributed by atoms with Crippen molar-refractivity contribution in [2.24, 2.45) is 0 Å². The van der Waals surface area contributed by atoms with Crippen LogP contribution in [0.5, 0.6) is 5.75 Å². The smallest absolute Gasteiger partial charge is 0.349 e. The number of aliphatic hydroxyl groups is 1. The first-order valence-corrected chi connectivity index (χ1v) is 5.79. The molecule has 0 fully saturated rings. The highest BCUT2D eigenvalue weighted by atomic mass is 32.1. The lowest BCUT2D eigenvalue weighted by molar-refractivity contribution is 0.0696. The third kappa shape index (κ3) is 2.96. The molecule has 0 unspecified atom stereocenters. The Morgan fingerprint density at radius 1 is 1.50 bits per heavy atom. The molecule has 0 amide bonds. The van der Waals surface area contributed by atoms with Gasteiger partial charge in [0, 0.05) is 4.88 Å². The van der Waals surface area contributed by atoms with Gasteiger partial charge < -0.3 is 14.9 Å². The van der Waals surface area contributed by atoms with Crippen LogP contribution in [0.4, 0.5) is 0 Å². The summed E-state index contributed by atoms with van der Waals surface area (Å²) in [7, 11) is 0. The molecule has 0 aliphatic heterocycles. The molecule has 1 rings (SSSR count). The summed E-state index contributed by atoms with van der Waals surface area (Å²) in [5.41, 5.74) is -0.101. The first kappa shape index (κ1) is 13.0. The third-order valence-corrected chi connectivity index (χ3v) is 3.51. The SMILES string of the molecule is CC(C)(C)c1cc(OCCO)c(C(=O)O)s1. The van der Waals surface area contributed by atoms with Gasteiger partial charge in [-0.3, -0.25) is 0 Å². The number of aliphatic hydroxyl groups excluding tert-OH is 1. The first-order chi connectivity index (χ1) is 7.36. The molecular formula is C11H16O4S. The lowest BCUT2D eigenvalue weighted by Crippen LogP contribution is -2.08. The Hall–Kier alpha value is -1.07. The maximum Gasteiger partial charge on any atom is 0.349 e. The standard InChI is InChI=1S/C11H16O4S/c1-11(2,3)8-6-7(15-5-4-12)9(16-8)10(13)14/h6,12H,4-5H2,1-3H3,(H,13,14). The zero-order valence-corrected chi connectivity index (χ0v) is 10.4. The number of carboxylic acids is 1. The zero-order valence-electron chi connectivity index (χ0n) is 9.61. The summed E-state index contributed by atoms with van der Waals surface area (Å²) in [6, 6.07) is 1.74. The molecule has 1 aromatic heterocycles. The Morgan fingerprint density at radius 3 is 2.56 bits per heavy atom. The van der Waals surface area contributed by atoms with Gasteiger partial charge in [-0.2, -0.15) is 0 Å². The lowest BCUT2D eigenvalue weighted by atomic mass is 9.95. The topological polar surface area (TPSA) is 66.8 Å². The molecule has 0 saturated heterocycles. The predicted molar refractivity (Wildman–Crippen MR) is 62.6 cm³/mol. The number of hydrogen-bond donors (Lipinski definition) is 2. The number of ether oxygens (including phenoxy) is 1.